The number of carbonyl (C=O) groups is 1. The molecule has 2 aromatic heterocycles. The minimum atomic E-state index is -1.11. The molecule has 9 heteroatoms. The molecule has 0 radical (unpaired) electrons. The molecular weight excluding hydrogens is 528 g/mol. The molecule has 1 aliphatic rings. The van der Waals surface area contributed by atoms with E-state index in [9.17, 15) is 23.9 Å². The van der Waals surface area contributed by atoms with Gasteiger partial charge in [0.05, 0.1) is 16.8 Å². The van der Waals surface area contributed by atoms with E-state index in [1.807, 2.05) is 6.07 Å². The summed E-state index contributed by atoms with van der Waals surface area (Å²) in [6.45, 7) is 4.99. The lowest BCUT2D eigenvalue weighted by molar-refractivity contribution is 0.0785. The molecule has 3 N–H and O–H groups in total. The van der Waals surface area contributed by atoms with E-state index >= 15 is 4.39 Å². The Hall–Kier alpha value is -4.89. The second kappa shape index (κ2) is 9.07. The molecule has 0 saturated heterocycles. The zero-order valence-electron chi connectivity index (χ0n) is 22.5. The van der Waals surface area contributed by atoms with Gasteiger partial charge < -0.3 is 10.8 Å². The Morgan fingerprint density at radius 3 is 2.41 bits per heavy atom. The molecule has 1 aliphatic carbocycles. The maximum Gasteiger partial charge on any atom is 0.340 e. The summed E-state index contributed by atoms with van der Waals surface area (Å²) in [6.07, 6.45) is 1.67. The molecule has 0 unspecified atom stereocenters. The van der Waals surface area contributed by atoms with Crippen molar-refractivity contribution >= 4 is 11.4 Å². The van der Waals surface area contributed by atoms with Gasteiger partial charge in [-0.25, -0.2) is 18.1 Å². The third-order valence-corrected chi connectivity index (χ3v) is 7.78. The maximum atomic E-state index is 16.0. The lowest BCUT2D eigenvalue weighted by Gasteiger charge is -2.20. The van der Waals surface area contributed by atoms with Crippen LogP contribution < -0.4 is 17.0 Å². The lowest BCUT2D eigenvalue weighted by atomic mass is 9.88. The molecule has 0 saturated carbocycles. The number of nitrogens with zero attached hydrogens (tertiary/aromatic N) is 2. The number of benzene rings is 3. The third-order valence-electron chi connectivity index (χ3n) is 7.78. The number of fused-ring (bicyclic) bond motifs is 4. The molecule has 0 atom stereocenters. The Morgan fingerprint density at radius 2 is 1.71 bits per heavy atom. The Morgan fingerprint density at radius 1 is 0.951 bits per heavy atom. The van der Waals surface area contributed by atoms with E-state index in [-0.39, 0.29) is 22.3 Å². The molecule has 2 heterocycles. The first kappa shape index (κ1) is 26.3. The van der Waals surface area contributed by atoms with Crippen LogP contribution in [0.15, 0.2) is 76.4 Å². The first-order valence-corrected chi connectivity index (χ1v) is 12.9. The van der Waals surface area contributed by atoms with Gasteiger partial charge in [-0.3, -0.25) is 14.0 Å². The normalized spacial score (nSPS) is 12.4. The topological polar surface area (TPSA) is 107 Å². The van der Waals surface area contributed by atoms with Crippen molar-refractivity contribution in [1.82, 2.24) is 8.97 Å². The van der Waals surface area contributed by atoms with Gasteiger partial charge >= 0.3 is 5.69 Å². The highest BCUT2D eigenvalue weighted by Crippen LogP contribution is 2.47. The molecule has 41 heavy (non-hydrogen) atoms. The largest absolute Gasteiger partial charge is 0.386 e. The van der Waals surface area contributed by atoms with Gasteiger partial charge in [0.1, 0.15) is 11.6 Å². The fourth-order valence-corrected chi connectivity index (χ4v) is 5.75. The van der Waals surface area contributed by atoms with Gasteiger partial charge in [-0.2, -0.15) is 0 Å². The van der Waals surface area contributed by atoms with E-state index in [4.69, 9.17) is 5.73 Å². The number of aliphatic hydroxyl groups is 1. The van der Waals surface area contributed by atoms with Crippen molar-refractivity contribution < 1.29 is 18.7 Å². The van der Waals surface area contributed by atoms with Crippen LogP contribution in [0.2, 0.25) is 0 Å². The molecule has 3 aromatic carbocycles. The van der Waals surface area contributed by atoms with E-state index in [2.05, 4.69) is 0 Å². The van der Waals surface area contributed by atoms with Gasteiger partial charge in [-0.05, 0) is 90.4 Å². The first-order chi connectivity index (χ1) is 19.4. The number of carbonyl (C=O) groups excluding carboxylic acids is 1. The molecule has 6 rings (SSSR count). The number of halogens is 2. The van der Waals surface area contributed by atoms with Crippen LogP contribution in [0.25, 0.3) is 33.5 Å². The summed E-state index contributed by atoms with van der Waals surface area (Å²) in [4.78, 5) is 38.8. The zero-order chi connectivity index (χ0) is 29.4. The Bertz CT molecular complexity index is 2070. The molecular formula is C32H25F2N3O4. The molecule has 7 nitrogen and oxygen atoms in total. The summed E-state index contributed by atoms with van der Waals surface area (Å²) in [6, 6.07) is 14.9. The Kier molecular flexibility index (Phi) is 5.83. The molecule has 0 fully saturated rings. The average molecular weight is 554 g/mol. The monoisotopic (exact) mass is 553 g/mol. The number of hydrogen-bond acceptors (Lipinski definition) is 4. The van der Waals surface area contributed by atoms with Crippen molar-refractivity contribution in [2.45, 2.75) is 32.8 Å². The van der Waals surface area contributed by atoms with Crippen LogP contribution in [0.3, 0.4) is 0 Å². The second-order valence-corrected chi connectivity index (χ2v) is 10.8. The molecule has 0 bridgehead atoms. The summed E-state index contributed by atoms with van der Waals surface area (Å²) in [5.41, 5.74) is 7.36. The van der Waals surface area contributed by atoms with Crippen LogP contribution >= 0.6 is 0 Å². The summed E-state index contributed by atoms with van der Waals surface area (Å²) in [5.74, 6) is -2.17. The fourth-order valence-electron chi connectivity index (χ4n) is 5.75. The summed E-state index contributed by atoms with van der Waals surface area (Å²) in [5, 5.41) is 10.5. The molecule has 1 amide bonds. The first-order valence-electron chi connectivity index (χ1n) is 12.9. The predicted octanol–water partition coefficient (Wildman–Crippen LogP) is 4.60. The zero-order valence-corrected chi connectivity index (χ0v) is 22.5. The van der Waals surface area contributed by atoms with Gasteiger partial charge in [0.15, 0.2) is 0 Å². The number of rotatable bonds is 4. The fraction of sp³-hybridized carbons (Fsp3) is 0.156. The molecule has 0 spiro atoms. The van der Waals surface area contributed by atoms with E-state index in [1.54, 1.807) is 51.1 Å². The number of nitrogens with two attached hydrogens (primary N) is 1. The van der Waals surface area contributed by atoms with Crippen molar-refractivity contribution in [3.63, 3.8) is 0 Å². The number of pyridine rings is 1. The maximum absolute atomic E-state index is 16.0. The van der Waals surface area contributed by atoms with Crippen molar-refractivity contribution in [2.24, 2.45) is 5.73 Å². The lowest BCUT2D eigenvalue weighted by Crippen LogP contribution is -2.36. The Labute approximate surface area is 232 Å². The van der Waals surface area contributed by atoms with Crippen molar-refractivity contribution in [3.05, 3.63) is 127 Å². The van der Waals surface area contributed by atoms with Gasteiger partial charge in [-0.1, -0.05) is 30.3 Å². The summed E-state index contributed by atoms with van der Waals surface area (Å²) in [7, 11) is 0. The van der Waals surface area contributed by atoms with Crippen LogP contribution in [0.4, 0.5) is 8.78 Å². The van der Waals surface area contributed by atoms with Crippen molar-refractivity contribution in [2.75, 3.05) is 0 Å². The van der Waals surface area contributed by atoms with E-state index in [0.29, 0.717) is 39.8 Å². The van der Waals surface area contributed by atoms with Crippen LogP contribution in [0.1, 0.15) is 46.5 Å². The predicted molar refractivity (Wildman–Crippen MR) is 151 cm³/mol. The van der Waals surface area contributed by atoms with Crippen LogP contribution in [0.5, 0.6) is 0 Å². The highest BCUT2D eigenvalue weighted by molar-refractivity contribution is 6.02. The van der Waals surface area contributed by atoms with E-state index in [1.165, 1.54) is 12.3 Å². The highest BCUT2D eigenvalue weighted by atomic mass is 19.1. The number of aromatic nitrogens is 2. The minimum absolute atomic E-state index is 0.0575. The van der Waals surface area contributed by atoms with Gasteiger partial charge in [0.25, 0.3) is 5.56 Å². The van der Waals surface area contributed by atoms with Crippen molar-refractivity contribution in [3.8, 4) is 27.9 Å². The van der Waals surface area contributed by atoms with E-state index < -0.39 is 34.4 Å². The number of amides is 1. The van der Waals surface area contributed by atoms with Crippen molar-refractivity contribution in [1.29, 1.82) is 0 Å². The van der Waals surface area contributed by atoms with Crippen LogP contribution in [-0.4, -0.2) is 20.0 Å². The number of hydrogen-bond donors (Lipinski definition) is 2. The third kappa shape index (κ3) is 4.00. The van der Waals surface area contributed by atoms with E-state index in [0.717, 1.165) is 32.7 Å². The SMILES string of the molecule is Cc1c(-c2c(F)cc(C(N)=O)c3c2-c2ccc(C(C)(C)O)cc2C3)cccc1-n1c(=O)cc2c(F)cccn2c1=O. The van der Waals surface area contributed by atoms with Crippen LogP contribution in [-0.2, 0) is 12.0 Å². The Balaban J connectivity index is 1.64. The quantitative estimate of drug-likeness (QED) is 0.333. The van der Waals surface area contributed by atoms with Crippen LogP contribution in [0, 0.1) is 18.6 Å². The molecule has 0 aliphatic heterocycles. The molecule has 206 valence electrons. The summed E-state index contributed by atoms with van der Waals surface area (Å²) < 4.78 is 32.3. The highest BCUT2D eigenvalue weighted by Gasteiger charge is 2.31. The standard InChI is InChI=1S/C32H25F2N3O4/c1-16-19(6-4-8-25(16)37-27(38)15-26-23(33)7-5-11-36(26)31(37)40)29-24(34)14-22(30(35)39)21-13-17-12-18(32(2,3)41)9-10-20(17)28(21)29/h4-12,14-15,41H,13H2,1-3H3,(H2,35,39). The minimum Gasteiger partial charge on any atom is -0.386 e. The van der Waals surface area contributed by atoms with Gasteiger partial charge in [-0.15, -0.1) is 0 Å². The average Bonchev–Trinajstić information content (AvgIpc) is 3.28. The molecule has 5 aromatic rings. The second-order valence-electron chi connectivity index (χ2n) is 10.8. The van der Waals surface area contributed by atoms with Gasteiger partial charge in [0.2, 0.25) is 5.91 Å². The summed E-state index contributed by atoms with van der Waals surface area (Å²) >= 11 is 0. The number of primary amides is 1. The smallest absolute Gasteiger partial charge is 0.340 e. The van der Waals surface area contributed by atoms with Gasteiger partial charge in [0, 0.05) is 23.4 Å².